The summed E-state index contributed by atoms with van der Waals surface area (Å²) in [4.78, 5) is 24.7. The fourth-order valence-electron chi connectivity index (χ4n) is 3.06. The second-order valence-corrected chi connectivity index (χ2v) is 6.66. The van der Waals surface area contributed by atoms with Crippen molar-refractivity contribution in [1.29, 1.82) is 0 Å². The number of aromatic nitrogens is 4. The molecule has 0 unspecified atom stereocenters. The van der Waals surface area contributed by atoms with Crippen molar-refractivity contribution < 1.29 is 13.9 Å². The molecule has 0 saturated heterocycles. The van der Waals surface area contributed by atoms with Gasteiger partial charge in [-0.3, -0.25) is 9.59 Å². The number of nitrogens with one attached hydrogen (secondary N) is 2. The third-order valence-electron chi connectivity index (χ3n) is 4.72. The first kappa shape index (κ1) is 19.3. The molecule has 0 aliphatic rings. The molecule has 30 heavy (non-hydrogen) atoms. The summed E-state index contributed by atoms with van der Waals surface area (Å²) >= 11 is 0. The molecule has 0 aliphatic carbocycles. The normalized spacial score (nSPS) is 10.9. The van der Waals surface area contributed by atoms with E-state index in [2.05, 4.69) is 20.6 Å². The first-order valence-electron chi connectivity index (χ1n) is 9.13. The number of H-pyrrole nitrogens is 1. The number of carbonyl (C=O) groups excluding carboxylic acids is 1. The highest BCUT2D eigenvalue weighted by Crippen LogP contribution is 2.22. The van der Waals surface area contributed by atoms with Crippen LogP contribution in [0.3, 0.4) is 0 Å². The SMILES string of the molecule is COc1ccc(-c2cc3c(=O)[nH]nc(CC(=O)Nc4cccc(F)c4C)n3n2)cc1. The Morgan fingerprint density at radius 3 is 2.73 bits per heavy atom. The van der Waals surface area contributed by atoms with Gasteiger partial charge in [-0.15, -0.1) is 0 Å². The van der Waals surface area contributed by atoms with Gasteiger partial charge in [0.2, 0.25) is 5.91 Å². The first-order chi connectivity index (χ1) is 14.5. The Morgan fingerprint density at radius 2 is 2.00 bits per heavy atom. The third kappa shape index (κ3) is 3.64. The quantitative estimate of drug-likeness (QED) is 0.530. The third-order valence-corrected chi connectivity index (χ3v) is 4.72. The van der Waals surface area contributed by atoms with Crippen LogP contribution in [0.15, 0.2) is 53.3 Å². The molecule has 0 atom stereocenters. The van der Waals surface area contributed by atoms with Gasteiger partial charge in [-0.25, -0.2) is 14.0 Å². The molecule has 2 aromatic carbocycles. The van der Waals surface area contributed by atoms with Crippen LogP contribution in [-0.4, -0.2) is 32.8 Å². The summed E-state index contributed by atoms with van der Waals surface area (Å²) in [5, 5.41) is 13.5. The lowest BCUT2D eigenvalue weighted by atomic mass is 10.1. The Morgan fingerprint density at radius 1 is 1.23 bits per heavy atom. The van der Waals surface area contributed by atoms with Gasteiger partial charge in [0.1, 0.15) is 17.1 Å². The van der Waals surface area contributed by atoms with Crippen LogP contribution in [0.25, 0.3) is 16.8 Å². The van der Waals surface area contributed by atoms with E-state index >= 15 is 0 Å². The first-order valence-corrected chi connectivity index (χ1v) is 9.13. The maximum absolute atomic E-state index is 13.7. The molecule has 152 valence electrons. The largest absolute Gasteiger partial charge is 0.497 e. The van der Waals surface area contributed by atoms with Crippen molar-refractivity contribution >= 4 is 17.1 Å². The summed E-state index contributed by atoms with van der Waals surface area (Å²) in [6, 6.07) is 13.3. The molecule has 2 aromatic heterocycles. The summed E-state index contributed by atoms with van der Waals surface area (Å²) in [6.07, 6.45) is -0.160. The van der Waals surface area contributed by atoms with Gasteiger partial charge in [-0.1, -0.05) is 6.07 Å². The van der Waals surface area contributed by atoms with Gasteiger partial charge < -0.3 is 10.1 Å². The Labute approximate surface area is 170 Å². The van der Waals surface area contributed by atoms with Gasteiger partial charge in [0.15, 0.2) is 5.82 Å². The van der Waals surface area contributed by atoms with Crippen LogP contribution in [0.5, 0.6) is 5.75 Å². The average molecular weight is 407 g/mol. The van der Waals surface area contributed by atoms with Crippen LogP contribution in [0.4, 0.5) is 10.1 Å². The van der Waals surface area contributed by atoms with Crippen molar-refractivity contribution in [3.05, 3.63) is 76.1 Å². The number of amides is 1. The predicted molar refractivity (Wildman–Crippen MR) is 109 cm³/mol. The summed E-state index contributed by atoms with van der Waals surface area (Å²) in [7, 11) is 1.58. The lowest BCUT2D eigenvalue weighted by Crippen LogP contribution is -2.22. The average Bonchev–Trinajstić information content (AvgIpc) is 3.20. The van der Waals surface area contributed by atoms with E-state index in [1.807, 2.05) is 12.1 Å². The van der Waals surface area contributed by atoms with E-state index in [0.717, 1.165) is 5.56 Å². The summed E-state index contributed by atoms with van der Waals surface area (Å²) in [5.74, 6) is 0.127. The number of fused-ring (bicyclic) bond motifs is 1. The number of hydrogen-bond donors (Lipinski definition) is 2. The summed E-state index contributed by atoms with van der Waals surface area (Å²) in [6.45, 7) is 1.58. The van der Waals surface area contributed by atoms with Crippen molar-refractivity contribution in [2.24, 2.45) is 0 Å². The topological polar surface area (TPSA) is 101 Å². The lowest BCUT2D eigenvalue weighted by molar-refractivity contribution is -0.115. The summed E-state index contributed by atoms with van der Waals surface area (Å²) < 4.78 is 20.2. The minimum atomic E-state index is -0.424. The number of halogens is 1. The number of aromatic amines is 1. The van der Waals surface area contributed by atoms with Gasteiger partial charge in [0.05, 0.1) is 19.2 Å². The van der Waals surface area contributed by atoms with E-state index in [4.69, 9.17) is 4.74 Å². The molecule has 0 fully saturated rings. The molecular weight excluding hydrogens is 389 g/mol. The van der Waals surface area contributed by atoms with Crippen LogP contribution < -0.4 is 15.6 Å². The van der Waals surface area contributed by atoms with E-state index in [9.17, 15) is 14.0 Å². The smallest absolute Gasteiger partial charge is 0.290 e. The second kappa shape index (κ2) is 7.78. The molecule has 1 amide bonds. The van der Waals surface area contributed by atoms with E-state index < -0.39 is 17.3 Å². The highest BCUT2D eigenvalue weighted by Gasteiger charge is 2.16. The number of hydrogen-bond acceptors (Lipinski definition) is 5. The molecule has 4 aromatic rings. The fourth-order valence-corrected chi connectivity index (χ4v) is 3.06. The maximum atomic E-state index is 13.7. The molecule has 4 rings (SSSR count). The van der Waals surface area contributed by atoms with Gasteiger partial charge >= 0.3 is 0 Å². The minimum Gasteiger partial charge on any atom is -0.497 e. The number of benzene rings is 2. The molecule has 0 spiro atoms. The highest BCUT2D eigenvalue weighted by molar-refractivity contribution is 5.92. The Balaban J connectivity index is 1.65. The second-order valence-electron chi connectivity index (χ2n) is 6.66. The molecule has 0 aliphatic heterocycles. The Bertz CT molecular complexity index is 1290. The van der Waals surface area contributed by atoms with Crippen molar-refractivity contribution in [3.8, 4) is 17.0 Å². The molecule has 2 heterocycles. The van der Waals surface area contributed by atoms with Crippen molar-refractivity contribution in [2.75, 3.05) is 12.4 Å². The molecule has 2 N–H and O–H groups in total. The van der Waals surface area contributed by atoms with E-state index in [1.165, 1.54) is 16.6 Å². The number of nitrogens with zero attached hydrogens (tertiary/aromatic N) is 3. The predicted octanol–water partition coefficient (Wildman–Crippen LogP) is 2.72. The van der Waals surface area contributed by atoms with Gasteiger partial charge in [-0.2, -0.15) is 10.2 Å². The van der Waals surface area contributed by atoms with Crippen LogP contribution in [0.2, 0.25) is 0 Å². The number of anilines is 1. The Kier molecular flexibility index (Phi) is 5.01. The Hall–Kier alpha value is -4.01. The molecule has 8 nitrogen and oxygen atoms in total. The zero-order valence-corrected chi connectivity index (χ0v) is 16.3. The molecule has 9 heteroatoms. The number of methoxy groups -OCH3 is 1. The maximum Gasteiger partial charge on any atom is 0.290 e. The van der Waals surface area contributed by atoms with Crippen LogP contribution >= 0.6 is 0 Å². The number of carbonyl (C=O) groups is 1. The van der Waals surface area contributed by atoms with E-state index in [1.54, 1.807) is 38.3 Å². The monoisotopic (exact) mass is 407 g/mol. The molecular formula is C21H18FN5O3. The molecule has 0 saturated carbocycles. The lowest BCUT2D eigenvalue weighted by Gasteiger charge is -2.09. The van der Waals surface area contributed by atoms with Crippen LogP contribution in [0, 0.1) is 12.7 Å². The van der Waals surface area contributed by atoms with Crippen molar-refractivity contribution in [2.45, 2.75) is 13.3 Å². The molecule has 0 radical (unpaired) electrons. The number of rotatable bonds is 5. The molecule has 0 bridgehead atoms. The van der Waals surface area contributed by atoms with Crippen molar-refractivity contribution in [3.63, 3.8) is 0 Å². The standard InChI is InChI=1S/C21H18FN5O3/c1-12-15(22)4-3-5-16(12)23-20(28)11-19-24-25-21(29)18-10-17(26-27(18)19)13-6-8-14(30-2)9-7-13/h3-10H,11H2,1-2H3,(H,23,28)(H,25,29). The highest BCUT2D eigenvalue weighted by atomic mass is 19.1. The van der Waals surface area contributed by atoms with E-state index in [0.29, 0.717) is 22.7 Å². The van der Waals surface area contributed by atoms with Gasteiger partial charge in [-0.05, 0) is 49.4 Å². The van der Waals surface area contributed by atoms with E-state index in [-0.39, 0.29) is 17.8 Å². The van der Waals surface area contributed by atoms with Crippen LogP contribution in [-0.2, 0) is 11.2 Å². The number of ether oxygens (including phenoxy) is 1. The minimum absolute atomic E-state index is 0.160. The summed E-state index contributed by atoms with van der Waals surface area (Å²) in [5.41, 5.74) is 1.89. The zero-order chi connectivity index (χ0) is 21.3. The zero-order valence-electron chi connectivity index (χ0n) is 16.3. The van der Waals surface area contributed by atoms with Gasteiger partial charge in [0, 0.05) is 16.8 Å². The fraction of sp³-hybridized carbons (Fsp3) is 0.143. The van der Waals surface area contributed by atoms with Crippen molar-refractivity contribution in [1.82, 2.24) is 19.8 Å². The van der Waals surface area contributed by atoms with Gasteiger partial charge in [0.25, 0.3) is 5.56 Å². The van der Waals surface area contributed by atoms with Crippen LogP contribution in [0.1, 0.15) is 11.4 Å².